The molecule has 1 aromatic heterocycles. The second-order valence-electron chi connectivity index (χ2n) is 13.3. The number of ether oxygens (including phenoxy) is 4. The lowest BCUT2D eigenvalue weighted by atomic mass is 9.95. The Morgan fingerprint density at radius 2 is 1.88 bits per heavy atom. The predicted octanol–water partition coefficient (Wildman–Crippen LogP) is 4.15. The van der Waals surface area contributed by atoms with Crippen LogP contribution in [0.3, 0.4) is 0 Å². The van der Waals surface area contributed by atoms with E-state index < -0.39 is 5.60 Å². The highest BCUT2D eigenvalue weighted by Gasteiger charge is 2.45. The molecule has 5 heterocycles. The second-order valence-corrected chi connectivity index (χ2v) is 13.7. The minimum absolute atomic E-state index is 0.101. The molecule has 7 rings (SSSR count). The number of aliphatic hydroxyl groups is 1. The lowest BCUT2D eigenvalue weighted by molar-refractivity contribution is -0.0123. The molecule has 1 atom stereocenters. The largest absolute Gasteiger partial charge is 0.467 e. The maximum absolute atomic E-state index is 11.0. The smallest absolute Gasteiger partial charge is 0.318 e. The van der Waals surface area contributed by atoms with E-state index >= 15 is 0 Å². The van der Waals surface area contributed by atoms with Crippen LogP contribution in [0.5, 0.6) is 11.8 Å². The first-order valence-corrected chi connectivity index (χ1v) is 16.2. The van der Waals surface area contributed by atoms with Crippen LogP contribution in [-0.4, -0.2) is 97.6 Å². The average Bonchev–Trinajstić information content (AvgIpc) is 3.67. The fourth-order valence-electron chi connectivity index (χ4n) is 7.59. The molecule has 5 aliphatic rings. The Labute approximate surface area is 259 Å². The molecule has 0 spiro atoms. The van der Waals surface area contributed by atoms with Gasteiger partial charge < -0.3 is 33.9 Å². The number of benzene rings is 1. The fraction of sp³-hybridized carbons (Fsp3) is 0.688. The van der Waals surface area contributed by atoms with Gasteiger partial charge in [0.15, 0.2) is 6.79 Å². The Hall–Kier alpha value is -2.37. The van der Waals surface area contributed by atoms with Crippen molar-refractivity contribution in [1.82, 2.24) is 14.9 Å². The summed E-state index contributed by atoms with van der Waals surface area (Å²) in [6.07, 6.45) is 7.83. The molecule has 4 aliphatic heterocycles. The van der Waals surface area contributed by atoms with Gasteiger partial charge in [-0.15, -0.1) is 0 Å². The van der Waals surface area contributed by atoms with Crippen LogP contribution in [0.25, 0.3) is 0 Å². The summed E-state index contributed by atoms with van der Waals surface area (Å²) < 4.78 is 23.3. The van der Waals surface area contributed by atoms with E-state index in [9.17, 15) is 5.11 Å². The standard InChI is InChI=1S/C32H44ClN5O5/c1-31(39)18-37(13-14-41-19-31)29-24-7-12-36(27-16-23(43-21-40-2)15-25(33)28(27)22-5-6-22)17-26(24)34-30(35-29)42-20-32-8-3-10-38(32)11-4-9-32/h15-16,22,39H,3-14,17-21H2,1-2H3. The zero-order valence-electron chi connectivity index (χ0n) is 25.4. The molecule has 1 aromatic carbocycles. The van der Waals surface area contributed by atoms with Gasteiger partial charge in [-0.2, -0.15) is 9.97 Å². The molecule has 0 bridgehead atoms. The summed E-state index contributed by atoms with van der Waals surface area (Å²) in [7, 11) is 1.62. The molecule has 0 radical (unpaired) electrons. The summed E-state index contributed by atoms with van der Waals surface area (Å²) in [6, 6.07) is 4.43. The van der Waals surface area contributed by atoms with Crippen LogP contribution in [0.15, 0.2) is 12.1 Å². The van der Waals surface area contributed by atoms with Gasteiger partial charge in [0.1, 0.15) is 23.8 Å². The number of halogens is 1. The Morgan fingerprint density at radius 1 is 1.07 bits per heavy atom. The predicted molar refractivity (Wildman–Crippen MR) is 165 cm³/mol. The normalized spacial score (nSPS) is 25.4. The molecule has 1 unspecified atom stereocenters. The van der Waals surface area contributed by atoms with Crippen LogP contribution >= 0.6 is 11.6 Å². The molecule has 11 heteroatoms. The zero-order chi connectivity index (χ0) is 29.6. The first kappa shape index (κ1) is 29.3. The van der Waals surface area contributed by atoms with Crippen molar-refractivity contribution in [3.63, 3.8) is 0 Å². The summed E-state index contributed by atoms with van der Waals surface area (Å²) in [5.41, 5.74) is 3.51. The van der Waals surface area contributed by atoms with Crippen molar-refractivity contribution in [3.8, 4) is 11.8 Å². The minimum Gasteiger partial charge on any atom is -0.467 e. The van der Waals surface area contributed by atoms with Crippen LogP contribution in [0.2, 0.25) is 5.02 Å². The molecule has 0 amide bonds. The highest BCUT2D eigenvalue weighted by atomic mass is 35.5. The average molecular weight is 614 g/mol. The first-order chi connectivity index (χ1) is 20.8. The van der Waals surface area contributed by atoms with Gasteiger partial charge in [-0.25, -0.2) is 0 Å². The van der Waals surface area contributed by atoms with Crippen LogP contribution < -0.4 is 19.3 Å². The summed E-state index contributed by atoms with van der Waals surface area (Å²) in [5, 5.41) is 11.8. The number of aromatic nitrogens is 2. The molecule has 1 aliphatic carbocycles. The van der Waals surface area contributed by atoms with Crippen LogP contribution in [0.1, 0.15) is 68.2 Å². The fourth-order valence-corrected chi connectivity index (χ4v) is 7.95. The van der Waals surface area contributed by atoms with Gasteiger partial charge >= 0.3 is 6.01 Å². The van der Waals surface area contributed by atoms with Gasteiger partial charge in [0.2, 0.25) is 0 Å². The van der Waals surface area contributed by atoms with Crippen molar-refractivity contribution in [2.75, 3.05) is 76.2 Å². The van der Waals surface area contributed by atoms with E-state index in [2.05, 4.69) is 20.8 Å². The molecular weight excluding hydrogens is 570 g/mol. The van der Waals surface area contributed by atoms with Gasteiger partial charge in [-0.05, 0) is 82.5 Å². The van der Waals surface area contributed by atoms with E-state index in [0.717, 1.165) is 79.5 Å². The highest BCUT2D eigenvalue weighted by Crippen LogP contribution is 2.50. The summed E-state index contributed by atoms with van der Waals surface area (Å²) in [5.74, 6) is 2.03. The number of fused-ring (bicyclic) bond motifs is 2. The van der Waals surface area contributed by atoms with E-state index in [0.29, 0.717) is 57.1 Å². The quantitative estimate of drug-likeness (QED) is 0.416. The third-order valence-electron chi connectivity index (χ3n) is 9.80. The number of nitrogens with zero attached hydrogens (tertiary/aromatic N) is 5. The minimum atomic E-state index is -0.970. The van der Waals surface area contributed by atoms with E-state index in [1.165, 1.54) is 18.4 Å². The number of methoxy groups -OCH3 is 1. The third kappa shape index (κ3) is 6.01. The Balaban J connectivity index is 1.23. The molecule has 10 nitrogen and oxygen atoms in total. The van der Waals surface area contributed by atoms with Crippen LogP contribution in [-0.2, 0) is 22.4 Å². The number of rotatable bonds is 9. The van der Waals surface area contributed by atoms with Gasteiger partial charge in [0.05, 0.1) is 37.5 Å². The van der Waals surface area contributed by atoms with Crippen molar-refractivity contribution < 1.29 is 24.1 Å². The number of anilines is 2. The Morgan fingerprint density at radius 3 is 2.65 bits per heavy atom. The van der Waals surface area contributed by atoms with Gasteiger partial charge in [-0.3, -0.25) is 4.90 Å². The molecule has 234 valence electrons. The highest BCUT2D eigenvalue weighted by molar-refractivity contribution is 6.32. The Bertz CT molecular complexity index is 1330. The number of hydrogen-bond acceptors (Lipinski definition) is 10. The third-order valence-corrected chi connectivity index (χ3v) is 10.1. The lowest BCUT2D eigenvalue weighted by Gasteiger charge is -2.36. The second kappa shape index (κ2) is 11.9. The van der Waals surface area contributed by atoms with E-state index in [4.69, 9.17) is 40.5 Å². The molecule has 2 aromatic rings. The zero-order valence-corrected chi connectivity index (χ0v) is 26.2. The molecule has 3 saturated heterocycles. The van der Waals surface area contributed by atoms with Crippen LogP contribution in [0, 0.1) is 0 Å². The number of hydrogen-bond donors (Lipinski definition) is 1. The lowest BCUT2D eigenvalue weighted by Crippen LogP contribution is -2.44. The van der Waals surface area contributed by atoms with E-state index in [-0.39, 0.29) is 12.3 Å². The molecule has 1 saturated carbocycles. The van der Waals surface area contributed by atoms with Crippen molar-refractivity contribution in [2.24, 2.45) is 0 Å². The maximum Gasteiger partial charge on any atom is 0.318 e. The van der Waals surface area contributed by atoms with E-state index in [1.807, 2.05) is 13.0 Å². The number of β-amino-alcohol motifs (C(OH)–C–C–N with tert-alkyl or cyclic N) is 1. The van der Waals surface area contributed by atoms with Crippen molar-refractivity contribution in [3.05, 3.63) is 34.0 Å². The molecular formula is C32H44ClN5O5. The summed E-state index contributed by atoms with van der Waals surface area (Å²) in [6.45, 7) is 8.25. The van der Waals surface area contributed by atoms with Gasteiger partial charge in [-0.1, -0.05) is 11.6 Å². The van der Waals surface area contributed by atoms with Gasteiger partial charge in [0.25, 0.3) is 0 Å². The maximum atomic E-state index is 11.0. The van der Waals surface area contributed by atoms with Crippen molar-refractivity contribution in [2.45, 2.75) is 75.5 Å². The van der Waals surface area contributed by atoms with Gasteiger partial charge in [0, 0.05) is 42.5 Å². The SMILES string of the molecule is COCOc1cc(Cl)c(C2CC2)c(N2CCc3c(nc(OCC45CCCN4CCC5)nc3N3CCOCC(C)(O)C3)C2)c1. The first-order valence-electron chi connectivity index (χ1n) is 15.9. The molecule has 43 heavy (non-hydrogen) atoms. The van der Waals surface area contributed by atoms with Crippen LogP contribution in [0.4, 0.5) is 11.5 Å². The molecule has 4 fully saturated rings. The van der Waals surface area contributed by atoms with Crippen molar-refractivity contribution >= 4 is 23.1 Å². The summed E-state index contributed by atoms with van der Waals surface area (Å²) >= 11 is 6.87. The summed E-state index contributed by atoms with van der Waals surface area (Å²) in [4.78, 5) is 17.2. The topological polar surface area (TPSA) is 92.7 Å². The van der Waals surface area contributed by atoms with E-state index in [1.54, 1.807) is 7.11 Å². The Kier molecular flexibility index (Phi) is 8.09. The molecule has 1 N–H and O–H groups in total. The monoisotopic (exact) mass is 613 g/mol. The van der Waals surface area contributed by atoms with Crippen molar-refractivity contribution in [1.29, 1.82) is 0 Å².